The number of carboxylic acid groups (broad SMARTS) is 1. The maximum atomic E-state index is 11.2. The van der Waals surface area contributed by atoms with Gasteiger partial charge in [-0.15, -0.1) is 0 Å². The van der Waals surface area contributed by atoms with Crippen molar-refractivity contribution >= 4 is 11.9 Å². The summed E-state index contributed by atoms with van der Waals surface area (Å²) in [5.41, 5.74) is 1.20. The summed E-state index contributed by atoms with van der Waals surface area (Å²) in [5.74, 6) is -0.882. The summed E-state index contributed by atoms with van der Waals surface area (Å²) in [6.07, 6.45) is 14.1. The van der Waals surface area contributed by atoms with Gasteiger partial charge in [0.2, 0.25) is 0 Å². The number of hydrogen-bond donors (Lipinski definition) is 1. The number of ether oxygens (including phenoxy) is 2. The smallest absolute Gasteiger partial charge is 0.303 e. The van der Waals surface area contributed by atoms with Crippen molar-refractivity contribution in [2.24, 2.45) is 0 Å². The van der Waals surface area contributed by atoms with E-state index >= 15 is 0 Å². The first-order valence-corrected chi connectivity index (χ1v) is 12.6. The van der Waals surface area contributed by atoms with E-state index in [1.807, 2.05) is 18.2 Å². The van der Waals surface area contributed by atoms with Crippen molar-refractivity contribution in [3.63, 3.8) is 0 Å². The summed E-state index contributed by atoms with van der Waals surface area (Å²) in [7, 11) is 0. The van der Waals surface area contributed by atoms with Crippen LogP contribution in [0.2, 0.25) is 0 Å². The Kier molecular flexibility index (Phi) is 16.4. The summed E-state index contributed by atoms with van der Waals surface area (Å²) in [4.78, 5) is 21.8. The van der Waals surface area contributed by atoms with E-state index in [0.29, 0.717) is 6.61 Å². The number of hydrogen-bond acceptors (Lipinski definition) is 4. The molecule has 0 heterocycles. The van der Waals surface area contributed by atoms with Crippen molar-refractivity contribution in [3.05, 3.63) is 35.9 Å². The van der Waals surface area contributed by atoms with Crippen LogP contribution in [-0.2, 0) is 25.7 Å². The van der Waals surface area contributed by atoms with Crippen LogP contribution in [-0.4, -0.2) is 29.3 Å². The van der Waals surface area contributed by atoms with Crippen molar-refractivity contribution in [2.45, 2.75) is 123 Å². The molecule has 1 rings (SSSR count). The highest BCUT2D eigenvalue weighted by atomic mass is 16.5. The first-order chi connectivity index (χ1) is 15.5. The van der Waals surface area contributed by atoms with Gasteiger partial charge in [-0.2, -0.15) is 0 Å². The summed E-state index contributed by atoms with van der Waals surface area (Å²) in [6.45, 7) is 4.26. The van der Waals surface area contributed by atoms with Crippen LogP contribution in [0, 0.1) is 0 Å². The van der Waals surface area contributed by atoms with Crippen LogP contribution in [0.25, 0.3) is 0 Å². The lowest BCUT2D eigenvalue weighted by Crippen LogP contribution is -2.16. The summed E-state index contributed by atoms with van der Waals surface area (Å²) in [6, 6.07) is 10.3. The average molecular weight is 449 g/mol. The first kappa shape index (κ1) is 28.2. The molecule has 0 amide bonds. The van der Waals surface area contributed by atoms with Gasteiger partial charge in [0.05, 0.1) is 12.7 Å². The molecular weight excluding hydrogens is 404 g/mol. The quantitative estimate of drug-likeness (QED) is 0.171. The third-order valence-electron chi connectivity index (χ3n) is 5.74. The van der Waals surface area contributed by atoms with Crippen LogP contribution in [0.4, 0.5) is 0 Å². The molecule has 0 aliphatic rings. The number of carbonyl (C=O) groups is 2. The third-order valence-corrected chi connectivity index (χ3v) is 5.74. The lowest BCUT2D eigenvalue weighted by Gasteiger charge is -2.19. The zero-order chi connectivity index (χ0) is 23.4. The lowest BCUT2D eigenvalue weighted by molar-refractivity contribution is -0.147. The van der Waals surface area contributed by atoms with E-state index in [-0.39, 0.29) is 24.6 Å². The molecule has 32 heavy (non-hydrogen) atoms. The minimum Gasteiger partial charge on any atom is -0.481 e. The van der Waals surface area contributed by atoms with Gasteiger partial charge in [-0.05, 0) is 44.1 Å². The van der Waals surface area contributed by atoms with Crippen molar-refractivity contribution < 1.29 is 24.2 Å². The fourth-order valence-corrected chi connectivity index (χ4v) is 4.02. The van der Waals surface area contributed by atoms with E-state index in [1.54, 1.807) is 0 Å². The summed E-state index contributed by atoms with van der Waals surface area (Å²) in [5, 5.41) is 8.75. The first-order valence-electron chi connectivity index (χ1n) is 12.6. The predicted molar refractivity (Wildman–Crippen MR) is 129 cm³/mol. The molecule has 0 aromatic heterocycles. The average Bonchev–Trinajstić information content (AvgIpc) is 2.76. The molecule has 0 bridgehead atoms. The highest BCUT2D eigenvalue weighted by Gasteiger charge is 2.12. The SMILES string of the molecule is CCCC(CCCCCCC(CCCCCCC(=O)O)OCc1ccccc1)OC(C)=O. The second-order valence-electron chi connectivity index (χ2n) is 8.78. The van der Waals surface area contributed by atoms with Gasteiger partial charge in [0.1, 0.15) is 6.10 Å². The van der Waals surface area contributed by atoms with E-state index in [0.717, 1.165) is 77.0 Å². The van der Waals surface area contributed by atoms with Crippen LogP contribution < -0.4 is 0 Å². The Bertz CT molecular complexity index is 601. The van der Waals surface area contributed by atoms with Crippen molar-refractivity contribution in [1.29, 1.82) is 0 Å². The Labute approximate surface area is 194 Å². The number of carbonyl (C=O) groups excluding carboxylic acids is 1. The minimum absolute atomic E-state index is 0.0700. The molecule has 2 atom stereocenters. The molecule has 0 saturated carbocycles. The Morgan fingerprint density at radius 2 is 1.38 bits per heavy atom. The largest absolute Gasteiger partial charge is 0.481 e. The van der Waals surface area contributed by atoms with Gasteiger partial charge >= 0.3 is 11.9 Å². The molecule has 5 heteroatoms. The van der Waals surface area contributed by atoms with Crippen molar-refractivity contribution in [2.75, 3.05) is 0 Å². The molecular formula is C27H44O5. The minimum atomic E-state index is -0.706. The number of rotatable bonds is 20. The molecule has 0 aliphatic carbocycles. The molecule has 1 aromatic rings. The highest BCUT2D eigenvalue weighted by molar-refractivity contribution is 5.66. The van der Waals surface area contributed by atoms with E-state index in [4.69, 9.17) is 14.6 Å². The molecule has 1 N–H and O–H groups in total. The Balaban J connectivity index is 2.29. The predicted octanol–water partition coefficient (Wildman–Crippen LogP) is 7.07. The van der Waals surface area contributed by atoms with E-state index in [1.165, 1.54) is 18.9 Å². The van der Waals surface area contributed by atoms with E-state index in [9.17, 15) is 9.59 Å². The molecule has 0 spiro atoms. The Hall–Kier alpha value is -1.88. The number of aliphatic carboxylic acids is 1. The number of carboxylic acids is 1. The van der Waals surface area contributed by atoms with E-state index in [2.05, 4.69) is 19.1 Å². The van der Waals surface area contributed by atoms with Gasteiger partial charge in [-0.25, -0.2) is 0 Å². The fraction of sp³-hybridized carbons (Fsp3) is 0.704. The zero-order valence-corrected chi connectivity index (χ0v) is 20.2. The van der Waals surface area contributed by atoms with Gasteiger partial charge in [0.25, 0.3) is 0 Å². The molecule has 0 fully saturated rings. The standard InChI is InChI=1S/C27H44O5/c1-3-15-26(32-23(2)28)20-13-5-4-11-18-25(19-12-6-7-14-21-27(29)30)31-22-24-16-9-8-10-17-24/h8-10,16-17,25-26H,3-7,11-15,18-22H2,1-2H3,(H,29,30). The van der Waals surface area contributed by atoms with E-state index < -0.39 is 5.97 Å². The topological polar surface area (TPSA) is 72.8 Å². The molecule has 5 nitrogen and oxygen atoms in total. The molecule has 2 unspecified atom stereocenters. The second kappa shape index (κ2) is 18.7. The fourth-order valence-electron chi connectivity index (χ4n) is 4.02. The molecule has 0 aliphatic heterocycles. The van der Waals surface area contributed by atoms with Crippen LogP contribution in [0.1, 0.15) is 109 Å². The Morgan fingerprint density at radius 3 is 1.91 bits per heavy atom. The van der Waals surface area contributed by atoms with Crippen molar-refractivity contribution in [3.8, 4) is 0 Å². The van der Waals surface area contributed by atoms with Crippen LogP contribution >= 0.6 is 0 Å². The second-order valence-corrected chi connectivity index (χ2v) is 8.78. The Morgan fingerprint density at radius 1 is 0.812 bits per heavy atom. The van der Waals surface area contributed by atoms with Crippen LogP contribution in [0.5, 0.6) is 0 Å². The summed E-state index contributed by atoms with van der Waals surface area (Å²) < 4.78 is 11.6. The zero-order valence-electron chi connectivity index (χ0n) is 20.2. The van der Waals surface area contributed by atoms with Gasteiger partial charge in [-0.1, -0.05) is 82.2 Å². The number of unbranched alkanes of at least 4 members (excludes halogenated alkanes) is 6. The maximum Gasteiger partial charge on any atom is 0.303 e. The molecule has 1 aromatic carbocycles. The van der Waals surface area contributed by atoms with Gasteiger partial charge < -0.3 is 14.6 Å². The molecule has 182 valence electrons. The third kappa shape index (κ3) is 15.9. The van der Waals surface area contributed by atoms with Crippen molar-refractivity contribution in [1.82, 2.24) is 0 Å². The highest BCUT2D eigenvalue weighted by Crippen LogP contribution is 2.19. The van der Waals surface area contributed by atoms with Crippen LogP contribution in [0.3, 0.4) is 0 Å². The maximum absolute atomic E-state index is 11.2. The number of benzene rings is 1. The monoisotopic (exact) mass is 448 g/mol. The molecule has 0 radical (unpaired) electrons. The summed E-state index contributed by atoms with van der Waals surface area (Å²) >= 11 is 0. The van der Waals surface area contributed by atoms with Gasteiger partial charge in [0.15, 0.2) is 0 Å². The van der Waals surface area contributed by atoms with Gasteiger partial charge in [-0.3, -0.25) is 9.59 Å². The van der Waals surface area contributed by atoms with Gasteiger partial charge in [0, 0.05) is 13.3 Å². The number of esters is 1. The van der Waals surface area contributed by atoms with Crippen LogP contribution in [0.15, 0.2) is 30.3 Å². The lowest BCUT2D eigenvalue weighted by atomic mass is 10.0. The molecule has 0 saturated heterocycles. The normalized spacial score (nSPS) is 12.9.